The molecule has 2 N–H and O–H groups in total. The standard InChI is InChI=1S/C16H27NO2S/c1-7-15(2,3)13-10-8-12(9-11-13)14(17)16(4,5)20(6,18)19/h8-11,14H,7,17H2,1-6H3. The van der Waals surface area contributed by atoms with Gasteiger partial charge in [-0.15, -0.1) is 0 Å². The van der Waals surface area contributed by atoms with Crippen LogP contribution in [0.15, 0.2) is 24.3 Å². The van der Waals surface area contributed by atoms with Crippen LogP contribution in [0.5, 0.6) is 0 Å². The fraction of sp³-hybridized carbons (Fsp3) is 0.625. The van der Waals surface area contributed by atoms with Crippen LogP contribution < -0.4 is 5.73 Å². The van der Waals surface area contributed by atoms with Gasteiger partial charge in [-0.1, -0.05) is 45.0 Å². The van der Waals surface area contributed by atoms with Crippen LogP contribution in [0.4, 0.5) is 0 Å². The molecule has 0 aliphatic heterocycles. The molecule has 0 aliphatic rings. The van der Waals surface area contributed by atoms with Gasteiger partial charge in [-0.2, -0.15) is 0 Å². The molecule has 0 radical (unpaired) electrons. The third-order valence-corrected chi connectivity index (χ3v) is 6.81. The lowest BCUT2D eigenvalue weighted by Crippen LogP contribution is -2.42. The van der Waals surface area contributed by atoms with Crippen LogP contribution >= 0.6 is 0 Å². The first kappa shape index (κ1) is 17.2. The van der Waals surface area contributed by atoms with Gasteiger partial charge in [0.25, 0.3) is 0 Å². The maximum absolute atomic E-state index is 11.9. The van der Waals surface area contributed by atoms with E-state index >= 15 is 0 Å². The van der Waals surface area contributed by atoms with Gasteiger partial charge in [0, 0.05) is 12.3 Å². The average Bonchev–Trinajstić information content (AvgIpc) is 2.36. The smallest absolute Gasteiger partial charge is 0.154 e. The predicted octanol–water partition coefficient (Wildman–Crippen LogP) is 3.20. The molecule has 0 fully saturated rings. The molecule has 1 atom stereocenters. The lowest BCUT2D eigenvalue weighted by atomic mass is 9.81. The van der Waals surface area contributed by atoms with Crippen LogP contribution in [0, 0.1) is 0 Å². The lowest BCUT2D eigenvalue weighted by molar-refractivity contribution is 0.493. The Morgan fingerprint density at radius 3 is 1.90 bits per heavy atom. The predicted molar refractivity (Wildman–Crippen MR) is 85.6 cm³/mol. The van der Waals surface area contributed by atoms with Crippen LogP contribution in [0.3, 0.4) is 0 Å². The number of rotatable bonds is 5. The minimum absolute atomic E-state index is 0.120. The van der Waals surface area contributed by atoms with Gasteiger partial charge >= 0.3 is 0 Å². The summed E-state index contributed by atoms with van der Waals surface area (Å²) in [5.74, 6) is 0. The number of sulfone groups is 1. The van der Waals surface area contributed by atoms with Gasteiger partial charge in [0.1, 0.15) is 0 Å². The molecule has 1 aromatic rings. The highest BCUT2D eigenvalue weighted by molar-refractivity contribution is 7.92. The van der Waals surface area contributed by atoms with Crippen molar-refractivity contribution >= 4 is 9.84 Å². The molecule has 0 bridgehead atoms. The van der Waals surface area contributed by atoms with Crippen molar-refractivity contribution in [2.24, 2.45) is 5.73 Å². The molecule has 4 heteroatoms. The zero-order valence-corrected chi connectivity index (χ0v) is 14.2. The molecule has 1 aromatic carbocycles. The fourth-order valence-corrected chi connectivity index (χ4v) is 2.58. The van der Waals surface area contributed by atoms with E-state index in [1.807, 2.05) is 12.1 Å². The van der Waals surface area contributed by atoms with Crippen LogP contribution in [-0.2, 0) is 15.3 Å². The Morgan fingerprint density at radius 1 is 1.10 bits per heavy atom. The molecule has 1 unspecified atom stereocenters. The van der Waals surface area contributed by atoms with Gasteiger partial charge in [-0.3, -0.25) is 0 Å². The SMILES string of the molecule is CCC(C)(C)c1ccc(C(N)C(C)(C)S(C)(=O)=O)cc1. The van der Waals surface area contributed by atoms with Crippen LogP contribution in [0.25, 0.3) is 0 Å². The summed E-state index contributed by atoms with van der Waals surface area (Å²) in [5.41, 5.74) is 8.39. The normalized spacial score (nSPS) is 15.2. The number of hydrogen-bond acceptors (Lipinski definition) is 3. The molecular formula is C16H27NO2S. The van der Waals surface area contributed by atoms with E-state index < -0.39 is 20.6 Å². The zero-order valence-electron chi connectivity index (χ0n) is 13.4. The molecule has 20 heavy (non-hydrogen) atoms. The summed E-state index contributed by atoms with van der Waals surface area (Å²) in [5, 5.41) is 0. The largest absolute Gasteiger partial charge is 0.323 e. The highest BCUT2D eigenvalue weighted by Crippen LogP contribution is 2.32. The van der Waals surface area contributed by atoms with Crippen molar-refractivity contribution in [3.8, 4) is 0 Å². The van der Waals surface area contributed by atoms with E-state index in [1.54, 1.807) is 13.8 Å². The highest BCUT2D eigenvalue weighted by Gasteiger charge is 2.37. The minimum Gasteiger partial charge on any atom is -0.323 e. The molecule has 0 saturated carbocycles. The maximum atomic E-state index is 11.9. The Balaban J connectivity index is 3.12. The number of hydrogen-bond donors (Lipinski definition) is 1. The Labute approximate surface area is 123 Å². The van der Waals surface area contributed by atoms with Crippen molar-refractivity contribution in [3.05, 3.63) is 35.4 Å². The van der Waals surface area contributed by atoms with Gasteiger partial charge in [-0.05, 0) is 36.8 Å². The van der Waals surface area contributed by atoms with E-state index in [4.69, 9.17) is 5.73 Å². The van der Waals surface area contributed by atoms with Crippen LogP contribution in [0.1, 0.15) is 58.2 Å². The first-order valence-corrected chi connectivity index (χ1v) is 8.88. The van der Waals surface area contributed by atoms with E-state index in [2.05, 4.69) is 32.9 Å². The number of benzene rings is 1. The van der Waals surface area contributed by atoms with Gasteiger partial charge in [0.2, 0.25) is 0 Å². The topological polar surface area (TPSA) is 60.2 Å². The average molecular weight is 297 g/mol. The summed E-state index contributed by atoms with van der Waals surface area (Å²) >= 11 is 0. The van der Waals surface area contributed by atoms with E-state index in [1.165, 1.54) is 11.8 Å². The summed E-state index contributed by atoms with van der Waals surface area (Å²) in [6.07, 6.45) is 2.29. The van der Waals surface area contributed by atoms with Crippen molar-refractivity contribution in [3.63, 3.8) is 0 Å². The summed E-state index contributed by atoms with van der Waals surface area (Å²) < 4.78 is 22.7. The van der Waals surface area contributed by atoms with Crippen molar-refractivity contribution in [2.75, 3.05) is 6.26 Å². The summed E-state index contributed by atoms with van der Waals surface area (Å²) in [7, 11) is -3.22. The Bertz CT molecular complexity index is 557. The van der Waals surface area contributed by atoms with Gasteiger partial charge in [0.05, 0.1) is 4.75 Å². The third kappa shape index (κ3) is 3.23. The molecule has 114 valence electrons. The van der Waals surface area contributed by atoms with Crippen molar-refractivity contribution < 1.29 is 8.42 Å². The summed E-state index contributed by atoms with van der Waals surface area (Å²) in [4.78, 5) is 0. The Kier molecular flexibility index (Phi) is 4.72. The molecule has 0 amide bonds. The van der Waals surface area contributed by atoms with Crippen molar-refractivity contribution in [2.45, 2.75) is 57.2 Å². The molecule has 0 spiro atoms. The molecule has 3 nitrogen and oxygen atoms in total. The monoisotopic (exact) mass is 297 g/mol. The van der Waals surface area contributed by atoms with Crippen LogP contribution in [-0.4, -0.2) is 19.4 Å². The van der Waals surface area contributed by atoms with Crippen LogP contribution in [0.2, 0.25) is 0 Å². The quantitative estimate of drug-likeness (QED) is 0.908. The maximum Gasteiger partial charge on any atom is 0.154 e. The molecule has 0 heterocycles. The minimum atomic E-state index is -3.22. The second kappa shape index (κ2) is 5.49. The van der Waals surface area contributed by atoms with E-state index in [-0.39, 0.29) is 5.41 Å². The lowest BCUT2D eigenvalue weighted by Gasteiger charge is -2.30. The molecule has 0 aromatic heterocycles. The third-order valence-electron chi connectivity index (χ3n) is 4.64. The molecule has 1 rings (SSSR count). The van der Waals surface area contributed by atoms with Crippen molar-refractivity contribution in [1.82, 2.24) is 0 Å². The summed E-state index contributed by atoms with van der Waals surface area (Å²) in [6, 6.07) is 7.47. The van der Waals surface area contributed by atoms with Crippen molar-refractivity contribution in [1.29, 1.82) is 0 Å². The van der Waals surface area contributed by atoms with Gasteiger partial charge < -0.3 is 5.73 Å². The van der Waals surface area contributed by atoms with E-state index in [0.29, 0.717) is 0 Å². The molecule has 0 aliphatic carbocycles. The first-order valence-electron chi connectivity index (χ1n) is 6.99. The van der Waals surface area contributed by atoms with E-state index in [0.717, 1.165) is 12.0 Å². The molecular weight excluding hydrogens is 270 g/mol. The van der Waals surface area contributed by atoms with Gasteiger partial charge in [0.15, 0.2) is 9.84 Å². The van der Waals surface area contributed by atoms with E-state index in [9.17, 15) is 8.42 Å². The molecule has 0 saturated heterocycles. The summed E-state index contributed by atoms with van der Waals surface area (Å²) in [6.45, 7) is 9.91. The second-order valence-electron chi connectivity index (χ2n) is 6.71. The highest BCUT2D eigenvalue weighted by atomic mass is 32.2. The zero-order chi connectivity index (χ0) is 15.8. The first-order chi connectivity index (χ1) is 8.93. The van der Waals surface area contributed by atoms with Gasteiger partial charge in [-0.25, -0.2) is 8.42 Å². The second-order valence-corrected chi connectivity index (χ2v) is 9.31. The Hall–Kier alpha value is -0.870. The fourth-order valence-electron chi connectivity index (χ4n) is 1.98. The Morgan fingerprint density at radius 2 is 1.55 bits per heavy atom. The number of nitrogens with two attached hydrogens (primary N) is 1.